The van der Waals surface area contributed by atoms with E-state index in [1.54, 1.807) is 0 Å². The lowest BCUT2D eigenvalue weighted by Crippen LogP contribution is -2.20. The van der Waals surface area contributed by atoms with Crippen molar-refractivity contribution in [3.05, 3.63) is 40.1 Å². The summed E-state index contributed by atoms with van der Waals surface area (Å²) in [5.41, 5.74) is 5.77. The summed E-state index contributed by atoms with van der Waals surface area (Å²) < 4.78 is 13.6. The average molecular weight is 287 g/mol. The molecule has 94 valence electrons. The van der Waals surface area contributed by atoms with Crippen LogP contribution in [-0.4, -0.2) is 16.1 Å². The molecule has 1 unspecified atom stereocenters. The van der Waals surface area contributed by atoms with Crippen LogP contribution in [0.4, 0.5) is 4.39 Å². The second kappa shape index (κ2) is 5.01. The molecule has 0 radical (unpaired) electrons. The lowest BCUT2D eigenvalue weighted by Gasteiger charge is -2.03. The van der Waals surface area contributed by atoms with E-state index in [9.17, 15) is 9.18 Å². The minimum absolute atomic E-state index is 0.160. The average Bonchev–Trinajstić information content (AvgIpc) is 2.77. The molecule has 0 bridgehead atoms. The second-order valence-electron chi connectivity index (χ2n) is 3.49. The van der Waals surface area contributed by atoms with Gasteiger partial charge in [-0.2, -0.15) is 0 Å². The number of rotatable bonds is 3. The molecule has 0 fully saturated rings. The van der Waals surface area contributed by atoms with Gasteiger partial charge in [0.05, 0.1) is 16.3 Å². The molecule has 1 heterocycles. The summed E-state index contributed by atoms with van der Waals surface area (Å²) in [6.07, 6.45) is 0. The molecule has 0 saturated heterocycles. The van der Waals surface area contributed by atoms with Crippen LogP contribution < -0.4 is 5.73 Å². The Kier molecular flexibility index (Phi) is 3.60. The van der Waals surface area contributed by atoms with Crippen LogP contribution in [0, 0.1) is 5.82 Å². The van der Waals surface area contributed by atoms with Crippen molar-refractivity contribution >= 4 is 28.9 Å². The van der Waals surface area contributed by atoms with Crippen LogP contribution in [0.1, 0.15) is 11.7 Å². The highest BCUT2D eigenvalue weighted by atomic mass is 35.5. The van der Waals surface area contributed by atoms with Crippen molar-refractivity contribution in [2.24, 2.45) is 5.73 Å². The topological polar surface area (TPSA) is 76.2 Å². The summed E-state index contributed by atoms with van der Waals surface area (Å²) in [6.45, 7) is 0. The quantitative estimate of drug-likeness (QED) is 0.909. The highest BCUT2D eigenvalue weighted by Gasteiger charge is 2.20. The van der Waals surface area contributed by atoms with E-state index in [-0.39, 0.29) is 16.3 Å². The first kappa shape index (κ1) is 12.9. The Morgan fingerprint density at radius 3 is 2.89 bits per heavy atom. The van der Waals surface area contributed by atoms with Crippen molar-refractivity contribution in [2.75, 3.05) is 0 Å². The van der Waals surface area contributed by atoms with E-state index < -0.39 is 17.8 Å². The molecule has 0 amide bonds. The minimum Gasteiger partial charge on any atom is -0.480 e. The van der Waals surface area contributed by atoms with Gasteiger partial charge in [0.25, 0.3) is 0 Å². The van der Waals surface area contributed by atoms with Gasteiger partial charge in [0.2, 0.25) is 0 Å². The zero-order chi connectivity index (χ0) is 13.3. The summed E-state index contributed by atoms with van der Waals surface area (Å²) in [7, 11) is 0. The second-order valence-corrected chi connectivity index (χ2v) is 4.76. The van der Waals surface area contributed by atoms with Crippen LogP contribution in [-0.2, 0) is 4.79 Å². The van der Waals surface area contributed by atoms with Crippen molar-refractivity contribution in [3.8, 4) is 10.6 Å². The molecule has 0 aliphatic rings. The molecule has 3 N–H and O–H groups in total. The number of hydrogen-bond donors (Lipinski definition) is 2. The van der Waals surface area contributed by atoms with Gasteiger partial charge in [0.1, 0.15) is 16.9 Å². The van der Waals surface area contributed by atoms with Crippen LogP contribution in [0.3, 0.4) is 0 Å². The van der Waals surface area contributed by atoms with E-state index in [0.29, 0.717) is 5.01 Å². The highest BCUT2D eigenvalue weighted by molar-refractivity contribution is 7.13. The molecule has 0 aliphatic carbocycles. The molecule has 7 heteroatoms. The van der Waals surface area contributed by atoms with Crippen molar-refractivity contribution < 1.29 is 14.3 Å². The number of carboxylic acid groups (broad SMARTS) is 1. The fourth-order valence-corrected chi connectivity index (χ4v) is 2.60. The molecule has 2 aromatic rings. The maximum atomic E-state index is 13.6. The SMILES string of the molecule is NC(C(=O)O)c1csc(-c2c(F)cccc2Cl)n1. The smallest absolute Gasteiger partial charge is 0.326 e. The maximum absolute atomic E-state index is 13.6. The van der Waals surface area contributed by atoms with E-state index in [1.807, 2.05) is 0 Å². The van der Waals surface area contributed by atoms with Gasteiger partial charge < -0.3 is 10.8 Å². The lowest BCUT2D eigenvalue weighted by atomic mass is 10.2. The first-order valence-electron chi connectivity index (χ1n) is 4.89. The summed E-state index contributed by atoms with van der Waals surface area (Å²) in [5.74, 6) is -1.70. The summed E-state index contributed by atoms with van der Waals surface area (Å²) >= 11 is 6.99. The lowest BCUT2D eigenvalue weighted by molar-refractivity contribution is -0.138. The number of benzene rings is 1. The van der Waals surface area contributed by atoms with E-state index >= 15 is 0 Å². The molecule has 1 aromatic heterocycles. The van der Waals surface area contributed by atoms with Gasteiger partial charge in [-0.15, -0.1) is 11.3 Å². The van der Waals surface area contributed by atoms with E-state index in [4.69, 9.17) is 22.4 Å². The van der Waals surface area contributed by atoms with Crippen molar-refractivity contribution in [1.29, 1.82) is 0 Å². The molecule has 0 aliphatic heterocycles. The Morgan fingerprint density at radius 1 is 1.56 bits per heavy atom. The number of nitrogens with two attached hydrogens (primary N) is 1. The van der Waals surface area contributed by atoms with Crippen molar-refractivity contribution in [1.82, 2.24) is 4.98 Å². The minimum atomic E-state index is -1.22. The molecule has 18 heavy (non-hydrogen) atoms. The number of aliphatic carboxylic acids is 1. The zero-order valence-electron chi connectivity index (χ0n) is 8.93. The third kappa shape index (κ3) is 2.35. The van der Waals surface area contributed by atoms with E-state index in [1.165, 1.54) is 23.6 Å². The van der Waals surface area contributed by atoms with Crippen molar-refractivity contribution in [3.63, 3.8) is 0 Å². The first-order valence-corrected chi connectivity index (χ1v) is 6.14. The van der Waals surface area contributed by atoms with Crippen LogP contribution in [0.25, 0.3) is 10.6 Å². The van der Waals surface area contributed by atoms with Gasteiger partial charge in [-0.25, -0.2) is 9.37 Å². The fraction of sp³-hybridized carbons (Fsp3) is 0.0909. The summed E-state index contributed by atoms with van der Waals surface area (Å²) in [5, 5.41) is 10.8. The summed E-state index contributed by atoms with van der Waals surface area (Å²) in [4.78, 5) is 14.7. The molecule has 1 atom stereocenters. The van der Waals surface area contributed by atoms with Crippen LogP contribution in [0.2, 0.25) is 5.02 Å². The van der Waals surface area contributed by atoms with Gasteiger partial charge in [0.15, 0.2) is 0 Å². The molecular weight excluding hydrogens is 279 g/mol. The number of nitrogens with zero attached hydrogens (tertiary/aromatic N) is 1. The monoisotopic (exact) mass is 286 g/mol. The first-order chi connectivity index (χ1) is 8.50. The zero-order valence-corrected chi connectivity index (χ0v) is 10.5. The number of halogens is 2. The Hall–Kier alpha value is -1.50. The Labute approximate surface area is 111 Å². The molecule has 1 aromatic carbocycles. The third-order valence-corrected chi connectivity index (χ3v) is 3.48. The summed E-state index contributed by atoms with van der Waals surface area (Å²) in [6, 6.07) is 3.07. The normalized spacial score (nSPS) is 12.4. The van der Waals surface area contributed by atoms with Crippen LogP contribution >= 0.6 is 22.9 Å². The van der Waals surface area contributed by atoms with Gasteiger partial charge in [0, 0.05) is 5.38 Å². The molecular formula is C11H8ClFN2O2S. The maximum Gasteiger partial charge on any atom is 0.326 e. The number of thiazole rings is 1. The molecule has 0 saturated carbocycles. The Morgan fingerprint density at radius 2 is 2.28 bits per heavy atom. The van der Waals surface area contributed by atoms with Crippen LogP contribution in [0.5, 0.6) is 0 Å². The standard InChI is InChI=1S/C11H8ClFN2O2S/c12-5-2-1-3-6(13)8(5)10-15-7(4-18-10)9(14)11(16)17/h1-4,9H,14H2,(H,16,17). The number of carbonyl (C=O) groups is 1. The van der Waals surface area contributed by atoms with Crippen molar-refractivity contribution in [2.45, 2.75) is 6.04 Å². The number of hydrogen-bond acceptors (Lipinski definition) is 4. The van der Waals surface area contributed by atoms with E-state index in [0.717, 1.165) is 11.3 Å². The molecule has 4 nitrogen and oxygen atoms in total. The Bertz CT molecular complexity index is 582. The van der Waals surface area contributed by atoms with Gasteiger partial charge >= 0.3 is 5.97 Å². The van der Waals surface area contributed by atoms with E-state index in [2.05, 4.69) is 4.98 Å². The molecule has 2 rings (SSSR count). The fourth-order valence-electron chi connectivity index (χ4n) is 1.37. The number of carboxylic acids is 1. The predicted octanol–water partition coefficient (Wildman–Crippen LogP) is 2.69. The van der Waals surface area contributed by atoms with Crippen LogP contribution in [0.15, 0.2) is 23.6 Å². The molecule has 0 spiro atoms. The highest BCUT2D eigenvalue weighted by Crippen LogP contribution is 2.33. The predicted molar refractivity (Wildman–Crippen MR) is 67.1 cm³/mol. The third-order valence-electron chi connectivity index (χ3n) is 2.28. The number of aromatic nitrogens is 1. The van der Waals surface area contributed by atoms with Gasteiger partial charge in [-0.05, 0) is 12.1 Å². The largest absolute Gasteiger partial charge is 0.480 e. The Balaban J connectivity index is 2.44. The van der Waals surface area contributed by atoms with Gasteiger partial charge in [-0.1, -0.05) is 17.7 Å². The van der Waals surface area contributed by atoms with Gasteiger partial charge in [-0.3, -0.25) is 4.79 Å².